The Bertz CT molecular complexity index is 633. The first-order chi connectivity index (χ1) is 8.66. The first kappa shape index (κ1) is 10.8. The molecule has 1 aromatic carbocycles. The summed E-state index contributed by atoms with van der Waals surface area (Å²) >= 11 is 0. The van der Waals surface area contributed by atoms with Gasteiger partial charge in [-0.25, -0.2) is 14.5 Å². The van der Waals surface area contributed by atoms with Crippen LogP contribution in [-0.2, 0) is 13.5 Å². The maximum absolute atomic E-state index is 10.9. The van der Waals surface area contributed by atoms with Gasteiger partial charge in [0.2, 0.25) is 0 Å². The Morgan fingerprint density at radius 2 is 2.33 bits per heavy atom. The number of hydrogen-bond donors (Lipinski definition) is 1. The van der Waals surface area contributed by atoms with Gasteiger partial charge in [0, 0.05) is 13.5 Å². The zero-order valence-electron chi connectivity index (χ0n) is 9.75. The predicted octanol–water partition coefficient (Wildman–Crippen LogP) is 1.12. The molecule has 0 radical (unpaired) electrons. The summed E-state index contributed by atoms with van der Waals surface area (Å²) in [7, 11) is 1.67. The maximum atomic E-state index is 10.9. The van der Waals surface area contributed by atoms with Crippen molar-refractivity contribution in [3.05, 3.63) is 29.6 Å². The van der Waals surface area contributed by atoms with Crippen LogP contribution in [0.2, 0.25) is 0 Å². The fraction of sp³-hybridized carbons (Fsp3) is 0.250. The van der Waals surface area contributed by atoms with E-state index in [-0.39, 0.29) is 5.82 Å². The SMILES string of the molecule is Cn1nc(C(=O)O)nc1-c1cccc2c1OCC2. The van der Waals surface area contributed by atoms with Gasteiger partial charge in [0.1, 0.15) is 5.75 Å². The van der Waals surface area contributed by atoms with Gasteiger partial charge >= 0.3 is 5.97 Å². The summed E-state index contributed by atoms with van der Waals surface area (Å²) in [6.45, 7) is 0.649. The number of fused-ring (bicyclic) bond motifs is 1. The van der Waals surface area contributed by atoms with Crippen molar-refractivity contribution in [1.29, 1.82) is 0 Å². The molecule has 0 bridgehead atoms. The molecule has 1 aliphatic heterocycles. The van der Waals surface area contributed by atoms with E-state index in [1.165, 1.54) is 4.68 Å². The molecule has 1 aliphatic rings. The minimum absolute atomic E-state index is 0.205. The molecular formula is C12H11N3O3. The third kappa shape index (κ3) is 1.54. The Hall–Kier alpha value is -2.37. The molecule has 0 fully saturated rings. The molecule has 1 N–H and O–H groups in total. The molecule has 6 nitrogen and oxygen atoms in total. The van der Waals surface area contributed by atoms with Crippen LogP contribution in [0.25, 0.3) is 11.4 Å². The Morgan fingerprint density at radius 3 is 3.06 bits per heavy atom. The third-order valence-corrected chi connectivity index (χ3v) is 2.91. The van der Waals surface area contributed by atoms with Crippen molar-refractivity contribution in [2.24, 2.45) is 7.05 Å². The highest BCUT2D eigenvalue weighted by molar-refractivity contribution is 5.84. The van der Waals surface area contributed by atoms with Gasteiger partial charge in [0.15, 0.2) is 5.82 Å². The highest BCUT2D eigenvalue weighted by Gasteiger charge is 2.22. The molecule has 0 spiro atoms. The predicted molar refractivity (Wildman–Crippen MR) is 62.6 cm³/mol. The standard InChI is InChI=1S/C12H11N3O3/c1-15-11(13-10(14-15)12(16)17)8-4-2-3-7-5-6-18-9(7)8/h2-4H,5-6H2,1H3,(H,16,17). The molecule has 2 heterocycles. The lowest BCUT2D eigenvalue weighted by atomic mass is 10.1. The summed E-state index contributed by atoms with van der Waals surface area (Å²) < 4.78 is 7.04. The quantitative estimate of drug-likeness (QED) is 0.857. The van der Waals surface area contributed by atoms with Crippen molar-refractivity contribution in [2.45, 2.75) is 6.42 Å². The molecule has 0 saturated carbocycles. The molecule has 0 amide bonds. The fourth-order valence-corrected chi connectivity index (χ4v) is 2.10. The molecule has 3 rings (SSSR count). The number of carboxylic acids is 1. The summed E-state index contributed by atoms with van der Waals surface area (Å²) in [5.41, 5.74) is 1.90. The zero-order valence-corrected chi connectivity index (χ0v) is 9.75. The van der Waals surface area contributed by atoms with Crippen molar-refractivity contribution < 1.29 is 14.6 Å². The number of aromatic carboxylic acids is 1. The monoisotopic (exact) mass is 245 g/mol. The Labute approximate surface area is 103 Å². The second-order valence-electron chi connectivity index (χ2n) is 4.08. The molecule has 0 aliphatic carbocycles. The normalized spacial score (nSPS) is 13.2. The van der Waals surface area contributed by atoms with Crippen LogP contribution < -0.4 is 4.74 Å². The summed E-state index contributed by atoms with van der Waals surface area (Å²) in [5, 5.41) is 12.8. The molecule has 1 aromatic heterocycles. The number of carbonyl (C=O) groups is 1. The second kappa shape index (κ2) is 3.83. The molecule has 0 unspecified atom stereocenters. The van der Waals surface area contributed by atoms with Crippen molar-refractivity contribution in [2.75, 3.05) is 6.61 Å². The van der Waals surface area contributed by atoms with Gasteiger partial charge in [0.05, 0.1) is 12.2 Å². The fourth-order valence-electron chi connectivity index (χ4n) is 2.10. The molecule has 0 saturated heterocycles. The van der Waals surface area contributed by atoms with Crippen LogP contribution in [0.1, 0.15) is 16.2 Å². The number of aryl methyl sites for hydroxylation is 1. The van der Waals surface area contributed by atoms with E-state index in [2.05, 4.69) is 10.1 Å². The van der Waals surface area contributed by atoms with Crippen LogP contribution in [0.15, 0.2) is 18.2 Å². The minimum Gasteiger partial charge on any atom is -0.492 e. The van der Waals surface area contributed by atoms with E-state index in [0.717, 1.165) is 23.3 Å². The van der Waals surface area contributed by atoms with Crippen LogP contribution in [-0.4, -0.2) is 32.4 Å². The maximum Gasteiger partial charge on any atom is 0.375 e. The van der Waals surface area contributed by atoms with Crippen LogP contribution in [0.5, 0.6) is 5.75 Å². The topological polar surface area (TPSA) is 77.2 Å². The van der Waals surface area contributed by atoms with E-state index in [1.807, 2.05) is 18.2 Å². The van der Waals surface area contributed by atoms with Crippen molar-refractivity contribution in [3.8, 4) is 17.1 Å². The van der Waals surface area contributed by atoms with Crippen LogP contribution in [0, 0.1) is 0 Å². The summed E-state index contributed by atoms with van der Waals surface area (Å²) in [6, 6.07) is 5.78. The van der Waals surface area contributed by atoms with Gasteiger partial charge < -0.3 is 9.84 Å². The highest BCUT2D eigenvalue weighted by atomic mass is 16.5. The Morgan fingerprint density at radius 1 is 1.50 bits per heavy atom. The molecule has 6 heteroatoms. The minimum atomic E-state index is -1.13. The van der Waals surface area contributed by atoms with Crippen LogP contribution >= 0.6 is 0 Å². The van der Waals surface area contributed by atoms with E-state index in [1.54, 1.807) is 7.05 Å². The molecule has 2 aromatic rings. The lowest BCUT2D eigenvalue weighted by molar-refractivity contribution is 0.0683. The van der Waals surface area contributed by atoms with Crippen LogP contribution in [0.4, 0.5) is 0 Å². The van der Waals surface area contributed by atoms with Gasteiger partial charge in [-0.3, -0.25) is 0 Å². The number of nitrogens with zero attached hydrogens (tertiary/aromatic N) is 3. The summed E-state index contributed by atoms with van der Waals surface area (Å²) in [6.07, 6.45) is 0.868. The lowest BCUT2D eigenvalue weighted by Gasteiger charge is -2.06. The average Bonchev–Trinajstić information content (AvgIpc) is 2.94. The molecule has 92 valence electrons. The Balaban J connectivity index is 2.16. The van der Waals surface area contributed by atoms with E-state index in [0.29, 0.717) is 12.4 Å². The summed E-state index contributed by atoms with van der Waals surface area (Å²) in [4.78, 5) is 14.9. The number of carboxylic acid groups (broad SMARTS) is 1. The van der Waals surface area contributed by atoms with E-state index >= 15 is 0 Å². The van der Waals surface area contributed by atoms with Gasteiger partial charge in [-0.05, 0) is 11.6 Å². The van der Waals surface area contributed by atoms with Gasteiger partial charge in [-0.2, -0.15) is 0 Å². The number of aromatic nitrogens is 3. The molecular weight excluding hydrogens is 234 g/mol. The largest absolute Gasteiger partial charge is 0.492 e. The number of ether oxygens (including phenoxy) is 1. The first-order valence-corrected chi connectivity index (χ1v) is 5.56. The second-order valence-corrected chi connectivity index (χ2v) is 4.08. The van der Waals surface area contributed by atoms with Crippen molar-refractivity contribution in [3.63, 3.8) is 0 Å². The third-order valence-electron chi connectivity index (χ3n) is 2.91. The zero-order chi connectivity index (χ0) is 12.7. The number of hydrogen-bond acceptors (Lipinski definition) is 4. The van der Waals surface area contributed by atoms with Crippen molar-refractivity contribution >= 4 is 5.97 Å². The van der Waals surface area contributed by atoms with Crippen LogP contribution in [0.3, 0.4) is 0 Å². The van der Waals surface area contributed by atoms with E-state index in [9.17, 15) is 4.79 Å². The average molecular weight is 245 g/mol. The number of para-hydroxylation sites is 1. The van der Waals surface area contributed by atoms with Gasteiger partial charge in [0.25, 0.3) is 5.82 Å². The van der Waals surface area contributed by atoms with Gasteiger partial charge in [-0.15, -0.1) is 5.10 Å². The smallest absolute Gasteiger partial charge is 0.375 e. The Kier molecular flexibility index (Phi) is 2.29. The van der Waals surface area contributed by atoms with E-state index < -0.39 is 5.97 Å². The lowest BCUT2D eigenvalue weighted by Crippen LogP contribution is -2.00. The number of benzene rings is 1. The highest BCUT2D eigenvalue weighted by Crippen LogP contribution is 2.35. The number of rotatable bonds is 2. The molecule has 0 atom stereocenters. The van der Waals surface area contributed by atoms with Crippen molar-refractivity contribution in [1.82, 2.24) is 14.8 Å². The molecule has 18 heavy (non-hydrogen) atoms. The summed E-state index contributed by atoms with van der Waals surface area (Å²) in [5.74, 6) is -0.0514. The van der Waals surface area contributed by atoms with Gasteiger partial charge in [-0.1, -0.05) is 12.1 Å². The van der Waals surface area contributed by atoms with E-state index in [4.69, 9.17) is 9.84 Å². The first-order valence-electron chi connectivity index (χ1n) is 5.56.